The van der Waals surface area contributed by atoms with Crippen molar-refractivity contribution < 1.29 is 9.21 Å². The number of nitrogens with zero attached hydrogens (tertiary/aromatic N) is 1. The van der Waals surface area contributed by atoms with Crippen LogP contribution in [0.3, 0.4) is 0 Å². The zero-order valence-corrected chi connectivity index (χ0v) is 13.1. The van der Waals surface area contributed by atoms with Gasteiger partial charge in [-0.25, -0.2) is 4.98 Å². The van der Waals surface area contributed by atoms with Gasteiger partial charge in [-0.05, 0) is 23.3 Å². The van der Waals surface area contributed by atoms with Gasteiger partial charge in [0, 0.05) is 11.4 Å². The Morgan fingerprint density at radius 2 is 1.87 bits per heavy atom. The second-order valence-electron chi connectivity index (χ2n) is 5.15. The number of carbonyl (C=O) groups excluding carboxylic acids is 1. The molecule has 0 saturated carbocycles. The third-order valence-corrected chi connectivity index (χ3v) is 3.51. The van der Waals surface area contributed by atoms with Crippen LogP contribution in [-0.4, -0.2) is 10.9 Å². The van der Waals surface area contributed by atoms with Gasteiger partial charge in [-0.2, -0.15) is 0 Å². The summed E-state index contributed by atoms with van der Waals surface area (Å²) in [5.74, 6) is 0.509. The molecule has 5 heteroatoms. The lowest BCUT2D eigenvalue weighted by atomic mass is 10.1. The molecule has 0 radical (unpaired) electrons. The molecule has 116 valence electrons. The van der Waals surface area contributed by atoms with Crippen molar-refractivity contribution >= 4 is 23.5 Å². The van der Waals surface area contributed by atoms with E-state index in [1.807, 2.05) is 54.6 Å². The molecule has 0 spiro atoms. The molecule has 0 saturated heterocycles. The summed E-state index contributed by atoms with van der Waals surface area (Å²) in [4.78, 5) is 16.1. The van der Waals surface area contributed by atoms with E-state index in [0.717, 1.165) is 11.1 Å². The highest BCUT2D eigenvalue weighted by molar-refractivity contribution is 6.30. The summed E-state index contributed by atoms with van der Waals surface area (Å²) in [6, 6.07) is 17.3. The number of hydrogen-bond donors (Lipinski definition) is 1. The van der Waals surface area contributed by atoms with Crippen molar-refractivity contribution in [3.05, 3.63) is 82.7 Å². The fourth-order valence-corrected chi connectivity index (χ4v) is 2.45. The molecule has 0 atom stereocenters. The van der Waals surface area contributed by atoms with Crippen LogP contribution in [0.4, 0.5) is 6.01 Å². The van der Waals surface area contributed by atoms with E-state index in [-0.39, 0.29) is 18.3 Å². The first-order valence-electron chi connectivity index (χ1n) is 7.22. The molecule has 1 aromatic heterocycles. The number of carbonyl (C=O) groups is 1. The van der Waals surface area contributed by atoms with Crippen molar-refractivity contribution in [3.63, 3.8) is 0 Å². The van der Waals surface area contributed by atoms with E-state index >= 15 is 0 Å². The largest absolute Gasteiger partial charge is 0.428 e. The fraction of sp³-hybridized carbons (Fsp3) is 0.111. The van der Waals surface area contributed by atoms with Gasteiger partial charge in [0.1, 0.15) is 5.76 Å². The first-order valence-corrected chi connectivity index (χ1v) is 7.60. The summed E-state index contributed by atoms with van der Waals surface area (Å²) in [6.07, 6.45) is 2.47. The topological polar surface area (TPSA) is 55.1 Å². The Hall–Kier alpha value is -2.59. The van der Waals surface area contributed by atoms with Gasteiger partial charge in [0.15, 0.2) is 0 Å². The second kappa shape index (κ2) is 7.11. The maximum Gasteiger partial charge on any atom is 0.301 e. The van der Waals surface area contributed by atoms with Crippen LogP contribution >= 0.6 is 11.6 Å². The minimum Gasteiger partial charge on any atom is -0.428 e. The van der Waals surface area contributed by atoms with Gasteiger partial charge in [-0.15, -0.1) is 0 Å². The normalized spacial score (nSPS) is 10.5. The highest BCUT2D eigenvalue weighted by Crippen LogP contribution is 2.17. The first-order chi connectivity index (χ1) is 11.2. The van der Waals surface area contributed by atoms with Crippen molar-refractivity contribution in [3.8, 4) is 0 Å². The highest BCUT2D eigenvalue weighted by atomic mass is 35.5. The van der Waals surface area contributed by atoms with Gasteiger partial charge in [-0.3, -0.25) is 10.1 Å². The lowest BCUT2D eigenvalue weighted by molar-refractivity contribution is -0.115. The van der Waals surface area contributed by atoms with E-state index in [0.29, 0.717) is 17.2 Å². The maximum atomic E-state index is 12.0. The molecular weight excluding hydrogens is 312 g/mol. The van der Waals surface area contributed by atoms with Gasteiger partial charge in [0.2, 0.25) is 5.91 Å². The number of aromatic nitrogens is 1. The van der Waals surface area contributed by atoms with Gasteiger partial charge >= 0.3 is 6.01 Å². The van der Waals surface area contributed by atoms with Crippen LogP contribution in [0.25, 0.3) is 0 Å². The predicted molar refractivity (Wildman–Crippen MR) is 89.5 cm³/mol. The number of amides is 1. The van der Waals surface area contributed by atoms with Crippen LogP contribution in [0.5, 0.6) is 0 Å². The van der Waals surface area contributed by atoms with Gasteiger partial charge in [0.25, 0.3) is 0 Å². The second-order valence-corrected chi connectivity index (χ2v) is 5.59. The van der Waals surface area contributed by atoms with Crippen molar-refractivity contribution in [1.29, 1.82) is 0 Å². The average molecular weight is 327 g/mol. The zero-order valence-electron chi connectivity index (χ0n) is 12.3. The Kier molecular flexibility index (Phi) is 4.74. The minimum absolute atomic E-state index is 0.160. The van der Waals surface area contributed by atoms with Crippen LogP contribution in [0.1, 0.15) is 16.9 Å². The molecule has 0 aliphatic heterocycles. The van der Waals surface area contributed by atoms with Crippen molar-refractivity contribution in [2.24, 2.45) is 0 Å². The van der Waals surface area contributed by atoms with E-state index in [2.05, 4.69) is 10.3 Å². The molecule has 1 amide bonds. The SMILES string of the molecule is O=C(Cc1ccccc1)Nc1ncc(Cc2cccc(Cl)c2)o1. The molecule has 0 aliphatic carbocycles. The van der Waals surface area contributed by atoms with Crippen molar-refractivity contribution in [2.45, 2.75) is 12.8 Å². The van der Waals surface area contributed by atoms with Gasteiger partial charge < -0.3 is 4.42 Å². The molecule has 1 heterocycles. The zero-order chi connectivity index (χ0) is 16.1. The van der Waals surface area contributed by atoms with Gasteiger partial charge in [0.05, 0.1) is 12.6 Å². The molecule has 2 aromatic carbocycles. The molecule has 3 aromatic rings. The molecule has 0 bridgehead atoms. The van der Waals surface area contributed by atoms with E-state index in [9.17, 15) is 4.79 Å². The number of hydrogen-bond acceptors (Lipinski definition) is 3. The average Bonchev–Trinajstić information content (AvgIpc) is 2.95. The van der Waals surface area contributed by atoms with E-state index in [1.165, 1.54) is 0 Å². The van der Waals surface area contributed by atoms with Crippen LogP contribution < -0.4 is 5.32 Å². The standard InChI is InChI=1S/C18H15ClN2O2/c19-15-8-4-7-14(9-15)10-16-12-20-18(23-16)21-17(22)11-13-5-2-1-3-6-13/h1-9,12H,10-11H2,(H,20,21,22). The Morgan fingerprint density at radius 1 is 1.09 bits per heavy atom. The summed E-state index contributed by atoms with van der Waals surface area (Å²) in [6.45, 7) is 0. The summed E-state index contributed by atoms with van der Waals surface area (Å²) < 4.78 is 5.55. The van der Waals surface area contributed by atoms with Crippen LogP contribution in [0.15, 0.2) is 65.2 Å². The summed E-state index contributed by atoms with van der Waals surface area (Å²) >= 11 is 5.96. The van der Waals surface area contributed by atoms with Crippen LogP contribution in [0.2, 0.25) is 5.02 Å². The number of benzene rings is 2. The molecule has 0 aliphatic rings. The number of halogens is 1. The lowest BCUT2D eigenvalue weighted by Gasteiger charge is -2.01. The molecule has 1 N–H and O–H groups in total. The summed E-state index contributed by atoms with van der Waals surface area (Å²) in [5, 5.41) is 3.34. The van der Waals surface area contributed by atoms with Crippen molar-refractivity contribution in [2.75, 3.05) is 5.32 Å². The molecule has 23 heavy (non-hydrogen) atoms. The van der Waals surface area contributed by atoms with E-state index in [4.69, 9.17) is 16.0 Å². The number of nitrogens with one attached hydrogen (secondary N) is 1. The first kappa shape index (κ1) is 15.3. The smallest absolute Gasteiger partial charge is 0.301 e. The third-order valence-electron chi connectivity index (χ3n) is 3.27. The molecular formula is C18H15ClN2O2. The molecule has 4 nitrogen and oxygen atoms in total. The van der Waals surface area contributed by atoms with E-state index < -0.39 is 0 Å². The van der Waals surface area contributed by atoms with Gasteiger partial charge in [-0.1, -0.05) is 54.1 Å². The van der Waals surface area contributed by atoms with Crippen LogP contribution in [-0.2, 0) is 17.6 Å². The maximum absolute atomic E-state index is 12.0. The quantitative estimate of drug-likeness (QED) is 0.768. The Balaban J connectivity index is 1.60. The Morgan fingerprint density at radius 3 is 2.65 bits per heavy atom. The highest BCUT2D eigenvalue weighted by Gasteiger charge is 2.09. The number of anilines is 1. The number of rotatable bonds is 5. The predicted octanol–water partition coefficient (Wildman–Crippen LogP) is 4.10. The summed E-state index contributed by atoms with van der Waals surface area (Å²) in [5.41, 5.74) is 1.96. The Bertz CT molecular complexity index is 800. The summed E-state index contributed by atoms with van der Waals surface area (Å²) in [7, 11) is 0. The monoisotopic (exact) mass is 326 g/mol. The fourth-order valence-electron chi connectivity index (χ4n) is 2.24. The number of oxazole rings is 1. The molecule has 0 unspecified atom stereocenters. The Labute approximate surface area is 139 Å². The van der Waals surface area contributed by atoms with Crippen LogP contribution in [0, 0.1) is 0 Å². The molecule has 3 rings (SSSR count). The van der Waals surface area contributed by atoms with Crippen molar-refractivity contribution in [1.82, 2.24) is 4.98 Å². The lowest BCUT2D eigenvalue weighted by Crippen LogP contribution is -2.14. The molecule has 0 fully saturated rings. The minimum atomic E-state index is -0.160. The van der Waals surface area contributed by atoms with E-state index in [1.54, 1.807) is 6.20 Å². The third kappa shape index (κ3) is 4.44.